The fraction of sp³-hybridized carbons (Fsp3) is 0.273. The Balaban J connectivity index is 1.39. The second-order valence-corrected chi connectivity index (χ2v) is 6.90. The Kier molecular flexibility index (Phi) is 7.00. The third kappa shape index (κ3) is 5.82. The molecule has 1 aliphatic rings. The average molecular weight is 406 g/mol. The number of hydrogen-bond donors (Lipinski definition) is 2. The standard InChI is InChI=1S/C22H22N4O4/c23-14-16-6-8-19(9-7-16)24-20(27)15-30-21(28)17-10-12-26(13-11-17)22(29)25-18-4-2-1-3-5-18/h1-9,17H,10-13,15H2,(H,24,27)(H,25,29). The summed E-state index contributed by atoms with van der Waals surface area (Å²) >= 11 is 0. The van der Waals surface area contributed by atoms with Gasteiger partial charge in [0, 0.05) is 24.5 Å². The van der Waals surface area contributed by atoms with Gasteiger partial charge in [0.05, 0.1) is 17.6 Å². The summed E-state index contributed by atoms with van der Waals surface area (Å²) in [4.78, 5) is 38.2. The van der Waals surface area contributed by atoms with Crippen LogP contribution in [0.5, 0.6) is 0 Å². The molecular weight excluding hydrogens is 384 g/mol. The molecule has 2 aromatic rings. The Morgan fingerprint density at radius 1 is 0.967 bits per heavy atom. The van der Waals surface area contributed by atoms with Crippen molar-refractivity contribution in [3.63, 3.8) is 0 Å². The van der Waals surface area contributed by atoms with Crippen LogP contribution in [0.1, 0.15) is 18.4 Å². The van der Waals surface area contributed by atoms with E-state index in [9.17, 15) is 14.4 Å². The van der Waals surface area contributed by atoms with Gasteiger partial charge in [0.2, 0.25) is 0 Å². The molecule has 30 heavy (non-hydrogen) atoms. The quantitative estimate of drug-likeness (QED) is 0.742. The van der Waals surface area contributed by atoms with Crippen molar-refractivity contribution in [3.05, 3.63) is 60.2 Å². The van der Waals surface area contributed by atoms with Crippen molar-refractivity contribution in [1.29, 1.82) is 5.26 Å². The summed E-state index contributed by atoms with van der Waals surface area (Å²) in [5, 5.41) is 14.2. The minimum Gasteiger partial charge on any atom is -0.455 e. The Bertz CT molecular complexity index is 930. The van der Waals surface area contributed by atoms with Crippen LogP contribution in [-0.4, -0.2) is 42.5 Å². The molecule has 0 bridgehead atoms. The Labute approximate surface area is 174 Å². The lowest BCUT2D eigenvalue weighted by molar-refractivity contribution is -0.152. The second-order valence-electron chi connectivity index (χ2n) is 6.90. The molecule has 2 N–H and O–H groups in total. The van der Waals surface area contributed by atoms with Gasteiger partial charge in [0.1, 0.15) is 0 Å². The number of nitrogens with zero attached hydrogens (tertiary/aromatic N) is 2. The van der Waals surface area contributed by atoms with Crippen LogP contribution in [0, 0.1) is 17.2 Å². The van der Waals surface area contributed by atoms with E-state index in [0.717, 1.165) is 5.69 Å². The number of nitriles is 1. The molecular formula is C22H22N4O4. The van der Waals surface area contributed by atoms with Crippen LogP contribution in [0.15, 0.2) is 54.6 Å². The van der Waals surface area contributed by atoms with Gasteiger partial charge in [-0.15, -0.1) is 0 Å². The van der Waals surface area contributed by atoms with Gasteiger partial charge in [-0.2, -0.15) is 5.26 Å². The Hall–Kier alpha value is -3.86. The average Bonchev–Trinajstić information content (AvgIpc) is 2.78. The third-order valence-corrected chi connectivity index (χ3v) is 4.78. The summed E-state index contributed by atoms with van der Waals surface area (Å²) in [7, 11) is 0. The molecule has 154 valence electrons. The van der Waals surface area contributed by atoms with Crippen LogP contribution in [0.25, 0.3) is 0 Å². The first-order valence-corrected chi connectivity index (χ1v) is 9.63. The van der Waals surface area contributed by atoms with Crippen LogP contribution in [0.3, 0.4) is 0 Å². The van der Waals surface area contributed by atoms with Gasteiger partial charge in [-0.3, -0.25) is 9.59 Å². The number of ether oxygens (including phenoxy) is 1. The Morgan fingerprint density at radius 3 is 2.23 bits per heavy atom. The zero-order valence-corrected chi connectivity index (χ0v) is 16.3. The first-order valence-electron chi connectivity index (χ1n) is 9.63. The number of carbonyl (C=O) groups is 3. The van der Waals surface area contributed by atoms with E-state index in [1.807, 2.05) is 36.4 Å². The number of nitrogens with one attached hydrogen (secondary N) is 2. The molecule has 0 unspecified atom stereocenters. The summed E-state index contributed by atoms with van der Waals surface area (Å²) in [6.07, 6.45) is 0.969. The molecule has 0 saturated carbocycles. The van der Waals surface area contributed by atoms with E-state index in [1.165, 1.54) is 0 Å². The molecule has 8 nitrogen and oxygen atoms in total. The predicted molar refractivity (Wildman–Crippen MR) is 111 cm³/mol. The van der Waals surface area contributed by atoms with E-state index in [0.29, 0.717) is 37.2 Å². The molecule has 0 aromatic heterocycles. The minimum absolute atomic E-state index is 0.199. The number of likely N-dealkylation sites (tertiary alicyclic amines) is 1. The highest BCUT2D eigenvalue weighted by molar-refractivity contribution is 5.93. The SMILES string of the molecule is N#Cc1ccc(NC(=O)COC(=O)C2CCN(C(=O)Nc3ccccc3)CC2)cc1. The monoisotopic (exact) mass is 406 g/mol. The first-order chi connectivity index (χ1) is 14.5. The van der Waals surface area contributed by atoms with E-state index in [1.54, 1.807) is 29.2 Å². The molecule has 1 heterocycles. The molecule has 0 spiro atoms. The fourth-order valence-electron chi connectivity index (χ4n) is 3.12. The summed E-state index contributed by atoms with van der Waals surface area (Å²) in [6.45, 7) is 0.499. The van der Waals surface area contributed by atoms with Crippen molar-refractivity contribution < 1.29 is 19.1 Å². The first kappa shape index (κ1) is 20.9. The van der Waals surface area contributed by atoms with Crippen molar-refractivity contribution in [2.75, 3.05) is 30.3 Å². The summed E-state index contributed by atoms with van der Waals surface area (Å²) in [6, 6.07) is 17.4. The number of rotatable bonds is 5. The van der Waals surface area contributed by atoms with E-state index in [-0.39, 0.29) is 18.6 Å². The maximum absolute atomic E-state index is 12.3. The number of para-hydroxylation sites is 1. The predicted octanol–water partition coefficient (Wildman–Crippen LogP) is 2.98. The maximum Gasteiger partial charge on any atom is 0.321 e. The van der Waals surface area contributed by atoms with Gasteiger partial charge >= 0.3 is 12.0 Å². The van der Waals surface area contributed by atoms with Gasteiger partial charge in [-0.05, 0) is 49.2 Å². The number of benzene rings is 2. The van der Waals surface area contributed by atoms with Gasteiger partial charge in [0.15, 0.2) is 6.61 Å². The van der Waals surface area contributed by atoms with E-state index >= 15 is 0 Å². The molecule has 1 fully saturated rings. The molecule has 2 aromatic carbocycles. The van der Waals surface area contributed by atoms with Crippen LogP contribution >= 0.6 is 0 Å². The highest BCUT2D eigenvalue weighted by Gasteiger charge is 2.28. The lowest BCUT2D eigenvalue weighted by Crippen LogP contribution is -2.43. The highest BCUT2D eigenvalue weighted by Crippen LogP contribution is 2.20. The van der Waals surface area contributed by atoms with Crippen molar-refractivity contribution >= 4 is 29.3 Å². The van der Waals surface area contributed by atoms with Gasteiger partial charge < -0.3 is 20.3 Å². The molecule has 0 atom stereocenters. The number of urea groups is 1. The van der Waals surface area contributed by atoms with Crippen molar-refractivity contribution in [2.45, 2.75) is 12.8 Å². The summed E-state index contributed by atoms with van der Waals surface area (Å²) in [5.41, 5.74) is 1.73. The maximum atomic E-state index is 12.3. The number of amides is 3. The van der Waals surface area contributed by atoms with Crippen molar-refractivity contribution in [2.24, 2.45) is 5.92 Å². The molecule has 1 saturated heterocycles. The van der Waals surface area contributed by atoms with E-state index in [4.69, 9.17) is 10.00 Å². The normalized spacial score (nSPS) is 13.8. The molecule has 0 radical (unpaired) electrons. The zero-order valence-electron chi connectivity index (χ0n) is 16.3. The summed E-state index contributed by atoms with van der Waals surface area (Å²) < 4.78 is 5.13. The smallest absolute Gasteiger partial charge is 0.321 e. The molecule has 8 heteroatoms. The van der Waals surface area contributed by atoms with Crippen LogP contribution in [-0.2, 0) is 14.3 Å². The topological polar surface area (TPSA) is 112 Å². The van der Waals surface area contributed by atoms with Gasteiger partial charge in [0.25, 0.3) is 5.91 Å². The van der Waals surface area contributed by atoms with Crippen molar-refractivity contribution in [3.8, 4) is 6.07 Å². The Morgan fingerprint density at radius 2 is 1.60 bits per heavy atom. The van der Waals surface area contributed by atoms with Crippen molar-refractivity contribution in [1.82, 2.24) is 4.90 Å². The molecule has 0 aliphatic carbocycles. The molecule has 3 rings (SSSR count). The van der Waals surface area contributed by atoms with Gasteiger partial charge in [-0.1, -0.05) is 18.2 Å². The number of piperidine rings is 1. The van der Waals surface area contributed by atoms with Gasteiger partial charge in [-0.25, -0.2) is 4.79 Å². The number of anilines is 2. The second kappa shape index (κ2) is 10.1. The highest BCUT2D eigenvalue weighted by atomic mass is 16.5. The van der Waals surface area contributed by atoms with E-state index in [2.05, 4.69) is 10.6 Å². The molecule has 3 amide bonds. The van der Waals surface area contributed by atoms with Crippen LogP contribution < -0.4 is 10.6 Å². The summed E-state index contributed by atoms with van der Waals surface area (Å²) in [5.74, 6) is -1.23. The zero-order chi connectivity index (χ0) is 21.3. The minimum atomic E-state index is -0.451. The number of carbonyl (C=O) groups excluding carboxylic acids is 3. The number of esters is 1. The van der Waals surface area contributed by atoms with E-state index < -0.39 is 11.9 Å². The fourth-order valence-corrected chi connectivity index (χ4v) is 3.12. The van der Waals surface area contributed by atoms with Crippen LogP contribution in [0.4, 0.5) is 16.2 Å². The molecule has 1 aliphatic heterocycles. The lowest BCUT2D eigenvalue weighted by atomic mass is 9.97. The lowest BCUT2D eigenvalue weighted by Gasteiger charge is -2.30. The van der Waals surface area contributed by atoms with Crippen LogP contribution in [0.2, 0.25) is 0 Å². The largest absolute Gasteiger partial charge is 0.455 e. The number of hydrogen-bond acceptors (Lipinski definition) is 5. The third-order valence-electron chi connectivity index (χ3n) is 4.78.